The van der Waals surface area contributed by atoms with Crippen LogP contribution in [0.25, 0.3) is 16.6 Å². The Morgan fingerprint density at radius 3 is 2.73 bits per heavy atom. The van der Waals surface area contributed by atoms with Crippen LogP contribution in [-0.4, -0.2) is 39.2 Å². The number of ether oxygens (including phenoxy) is 1. The summed E-state index contributed by atoms with van der Waals surface area (Å²) in [7, 11) is 1.62. The second-order valence-corrected chi connectivity index (χ2v) is 7.81. The molecule has 0 atom stereocenters. The number of nitrogens with zero attached hydrogens (tertiary/aromatic N) is 3. The number of carbonyl (C=O) groups excluding carboxylic acids is 2. The lowest BCUT2D eigenvalue weighted by Crippen LogP contribution is -2.14. The molecule has 30 heavy (non-hydrogen) atoms. The van der Waals surface area contributed by atoms with E-state index < -0.39 is 0 Å². The molecule has 0 saturated heterocycles. The minimum Gasteiger partial charge on any atom is -0.497 e. The number of hydrogen-bond donors (Lipinski definition) is 1. The third-order valence-corrected chi connectivity index (χ3v) is 5.65. The molecule has 7 nitrogen and oxygen atoms in total. The summed E-state index contributed by atoms with van der Waals surface area (Å²) in [5.74, 6) is 0.658. The predicted octanol–water partition coefficient (Wildman–Crippen LogP) is 4.13. The summed E-state index contributed by atoms with van der Waals surface area (Å²) >= 11 is 1.30. The normalized spacial score (nSPS) is 11.0. The van der Waals surface area contributed by atoms with Crippen LogP contribution in [0, 0.1) is 6.92 Å². The lowest BCUT2D eigenvalue weighted by molar-refractivity contribution is -0.113. The first kappa shape index (κ1) is 19.9. The minimum absolute atomic E-state index is 0.0481. The Labute approximate surface area is 177 Å². The van der Waals surface area contributed by atoms with Gasteiger partial charge >= 0.3 is 0 Å². The molecule has 2 aromatic heterocycles. The van der Waals surface area contributed by atoms with E-state index in [1.807, 2.05) is 29.5 Å². The number of ketones is 1. The number of methoxy groups -OCH3 is 1. The molecule has 0 saturated carbocycles. The summed E-state index contributed by atoms with van der Waals surface area (Å²) in [6.45, 7) is 3.48. The monoisotopic (exact) mass is 420 g/mol. The quantitative estimate of drug-likeness (QED) is 0.373. The molecule has 4 aromatic rings. The van der Waals surface area contributed by atoms with Crippen molar-refractivity contribution in [2.24, 2.45) is 0 Å². The number of hydrogen-bond acceptors (Lipinski definition) is 6. The van der Waals surface area contributed by atoms with Crippen molar-refractivity contribution in [3.05, 3.63) is 59.7 Å². The molecule has 8 heteroatoms. The fourth-order valence-corrected chi connectivity index (χ4v) is 3.99. The molecule has 2 heterocycles. The molecule has 0 radical (unpaired) electrons. The average molecular weight is 420 g/mol. The van der Waals surface area contributed by atoms with Gasteiger partial charge in [-0.3, -0.25) is 14.0 Å². The fraction of sp³-hybridized carbons (Fsp3) is 0.182. The van der Waals surface area contributed by atoms with Crippen LogP contribution >= 0.6 is 11.8 Å². The Hall–Kier alpha value is -3.39. The van der Waals surface area contributed by atoms with Crippen molar-refractivity contribution >= 4 is 45.7 Å². The van der Waals surface area contributed by atoms with Gasteiger partial charge in [0.25, 0.3) is 0 Å². The number of benzene rings is 2. The lowest BCUT2D eigenvalue weighted by atomic mass is 10.1. The highest BCUT2D eigenvalue weighted by Crippen LogP contribution is 2.28. The van der Waals surface area contributed by atoms with Gasteiger partial charge in [-0.05, 0) is 55.1 Å². The SMILES string of the molecule is COc1ccc2cc(C)c3nnc(SCC(=O)Nc4cccc(C(C)=O)c4)n3c2c1. The van der Waals surface area contributed by atoms with Crippen molar-refractivity contribution in [2.45, 2.75) is 19.0 Å². The molecule has 0 spiro atoms. The molecule has 1 N–H and O–H groups in total. The summed E-state index contributed by atoms with van der Waals surface area (Å²) in [5.41, 5.74) is 3.80. The van der Waals surface area contributed by atoms with Gasteiger partial charge in [0.05, 0.1) is 18.4 Å². The number of aromatic nitrogens is 3. The third-order valence-electron chi connectivity index (χ3n) is 4.72. The van der Waals surface area contributed by atoms with Crippen molar-refractivity contribution in [2.75, 3.05) is 18.2 Å². The molecule has 0 unspecified atom stereocenters. The van der Waals surface area contributed by atoms with Crippen molar-refractivity contribution < 1.29 is 14.3 Å². The second-order valence-electron chi connectivity index (χ2n) is 6.87. The Kier molecular flexibility index (Phi) is 5.41. The van der Waals surface area contributed by atoms with Crippen molar-refractivity contribution in [3.8, 4) is 5.75 Å². The lowest BCUT2D eigenvalue weighted by Gasteiger charge is -2.09. The molecular formula is C22H20N4O3S. The summed E-state index contributed by atoms with van der Waals surface area (Å²) in [5, 5.41) is 13.1. The van der Waals surface area contributed by atoms with Gasteiger partial charge in [0.2, 0.25) is 5.91 Å². The van der Waals surface area contributed by atoms with Gasteiger partial charge in [0.1, 0.15) is 5.75 Å². The van der Waals surface area contributed by atoms with E-state index in [1.54, 1.807) is 31.4 Å². The average Bonchev–Trinajstić information content (AvgIpc) is 3.17. The first-order valence-electron chi connectivity index (χ1n) is 9.32. The Bertz CT molecular complexity index is 1280. The molecule has 0 aliphatic carbocycles. The molecular weight excluding hydrogens is 400 g/mol. The molecule has 0 bridgehead atoms. The Balaban J connectivity index is 1.59. The standard InChI is InChI=1S/C22H20N4O3S/c1-13-9-16-7-8-18(29-3)11-19(16)26-21(13)24-25-22(26)30-12-20(28)23-17-6-4-5-15(10-17)14(2)27/h4-11H,12H2,1-3H3,(H,23,28). The molecule has 0 fully saturated rings. The van der Waals surface area contributed by atoms with Crippen LogP contribution in [0.5, 0.6) is 5.75 Å². The van der Waals surface area contributed by atoms with Crippen molar-refractivity contribution in [3.63, 3.8) is 0 Å². The maximum Gasteiger partial charge on any atom is 0.234 e. The van der Waals surface area contributed by atoms with E-state index in [4.69, 9.17) is 4.74 Å². The van der Waals surface area contributed by atoms with Crippen molar-refractivity contribution in [1.29, 1.82) is 0 Å². The number of fused-ring (bicyclic) bond motifs is 3. The predicted molar refractivity (Wildman–Crippen MR) is 118 cm³/mol. The second kappa shape index (κ2) is 8.16. The van der Waals surface area contributed by atoms with Crippen LogP contribution < -0.4 is 10.1 Å². The van der Waals surface area contributed by atoms with Crippen LogP contribution in [0.15, 0.2) is 53.7 Å². The topological polar surface area (TPSA) is 85.6 Å². The molecule has 0 aliphatic rings. The van der Waals surface area contributed by atoms with Crippen LogP contribution in [-0.2, 0) is 4.79 Å². The summed E-state index contributed by atoms with van der Waals surface area (Å²) in [6, 6.07) is 14.8. The number of amides is 1. The molecule has 1 amide bonds. The highest BCUT2D eigenvalue weighted by Gasteiger charge is 2.15. The maximum atomic E-state index is 12.5. The summed E-state index contributed by atoms with van der Waals surface area (Å²) < 4.78 is 7.31. The number of thioether (sulfide) groups is 1. The number of aryl methyl sites for hydroxylation is 1. The molecule has 152 valence electrons. The number of pyridine rings is 1. The largest absolute Gasteiger partial charge is 0.497 e. The van der Waals surface area contributed by atoms with Crippen LogP contribution in [0.3, 0.4) is 0 Å². The number of anilines is 1. The highest BCUT2D eigenvalue weighted by molar-refractivity contribution is 7.99. The summed E-state index contributed by atoms with van der Waals surface area (Å²) in [6.07, 6.45) is 0. The first-order chi connectivity index (χ1) is 14.5. The van der Waals surface area contributed by atoms with Gasteiger partial charge in [-0.2, -0.15) is 0 Å². The number of carbonyl (C=O) groups is 2. The summed E-state index contributed by atoms with van der Waals surface area (Å²) in [4.78, 5) is 24.0. The van der Waals surface area contributed by atoms with Gasteiger partial charge in [0.15, 0.2) is 16.6 Å². The van der Waals surface area contributed by atoms with E-state index >= 15 is 0 Å². The van der Waals surface area contributed by atoms with E-state index in [-0.39, 0.29) is 17.4 Å². The van der Waals surface area contributed by atoms with Gasteiger partial charge in [-0.15, -0.1) is 10.2 Å². The van der Waals surface area contributed by atoms with E-state index in [9.17, 15) is 9.59 Å². The van der Waals surface area contributed by atoms with Crippen LogP contribution in [0.1, 0.15) is 22.8 Å². The van der Waals surface area contributed by atoms with E-state index in [0.717, 1.165) is 27.9 Å². The molecule has 2 aromatic carbocycles. The van der Waals surface area contributed by atoms with E-state index in [2.05, 4.69) is 21.6 Å². The van der Waals surface area contributed by atoms with Gasteiger partial charge in [0, 0.05) is 17.3 Å². The third kappa shape index (κ3) is 3.86. The van der Waals surface area contributed by atoms with Crippen molar-refractivity contribution in [1.82, 2.24) is 14.6 Å². The van der Waals surface area contributed by atoms with Crippen LogP contribution in [0.2, 0.25) is 0 Å². The smallest absolute Gasteiger partial charge is 0.234 e. The number of Topliss-reactive ketones (excluding diaryl/α,β-unsaturated/α-hetero) is 1. The maximum absolute atomic E-state index is 12.5. The first-order valence-corrected chi connectivity index (χ1v) is 10.3. The minimum atomic E-state index is -0.188. The zero-order valence-corrected chi connectivity index (χ0v) is 17.6. The van der Waals surface area contributed by atoms with Crippen LogP contribution in [0.4, 0.5) is 5.69 Å². The Morgan fingerprint density at radius 2 is 1.97 bits per heavy atom. The van der Waals surface area contributed by atoms with Gasteiger partial charge < -0.3 is 10.1 Å². The molecule has 0 aliphatic heterocycles. The van der Waals surface area contributed by atoms with Gasteiger partial charge in [-0.25, -0.2) is 0 Å². The van der Waals surface area contributed by atoms with E-state index in [1.165, 1.54) is 18.7 Å². The number of rotatable bonds is 6. The zero-order valence-electron chi connectivity index (χ0n) is 16.8. The highest BCUT2D eigenvalue weighted by atomic mass is 32.2. The Morgan fingerprint density at radius 1 is 1.13 bits per heavy atom. The van der Waals surface area contributed by atoms with E-state index in [0.29, 0.717) is 16.4 Å². The fourth-order valence-electron chi connectivity index (χ4n) is 3.24. The van der Waals surface area contributed by atoms with Gasteiger partial charge in [-0.1, -0.05) is 23.9 Å². The zero-order chi connectivity index (χ0) is 21.3. The molecule has 4 rings (SSSR count). The number of nitrogens with one attached hydrogen (secondary N) is 1.